The highest BCUT2D eigenvalue weighted by Gasteiger charge is 2.40. The molecule has 100 valence electrons. The fourth-order valence-electron chi connectivity index (χ4n) is 2.75. The van der Waals surface area contributed by atoms with Crippen LogP contribution in [0.1, 0.15) is 35.6 Å². The second-order valence-electron chi connectivity index (χ2n) is 5.15. The van der Waals surface area contributed by atoms with Crippen molar-refractivity contribution in [1.82, 2.24) is 0 Å². The maximum absolute atomic E-state index is 6.50. The normalized spacial score (nSPS) is 20.7. The second-order valence-corrected chi connectivity index (χ2v) is 5.15. The molecule has 1 aliphatic rings. The summed E-state index contributed by atoms with van der Waals surface area (Å²) < 4.78 is 11.2. The lowest BCUT2D eigenvalue weighted by Crippen LogP contribution is -2.47. The minimum Gasteiger partial charge on any atom is -0.381 e. The topological polar surface area (TPSA) is 44.5 Å². The van der Waals surface area contributed by atoms with Crippen molar-refractivity contribution in [3.8, 4) is 0 Å². The van der Waals surface area contributed by atoms with Gasteiger partial charge in [0, 0.05) is 33.2 Å². The average Bonchev–Trinajstić information content (AvgIpc) is 2.42. The maximum Gasteiger partial charge on any atom is 0.0914 e. The number of methoxy groups -OCH3 is 1. The Kier molecular flexibility index (Phi) is 4.05. The van der Waals surface area contributed by atoms with Crippen LogP contribution in [-0.2, 0) is 9.47 Å². The number of hydrogen-bond acceptors (Lipinski definition) is 3. The minimum atomic E-state index is -0.281. The van der Waals surface area contributed by atoms with Crippen molar-refractivity contribution in [1.29, 1.82) is 0 Å². The third-order valence-corrected chi connectivity index (χ3v) is 4.29. The summed E-state index contributed by atoms with van der Waals surface area (Å²) in [5, 5.41) is 0. The van der Waals surface area contributed by atoms with Gasteiger partial charge < -0.3 is 15.2 Å². The van der Waals surface area contributed by atoms with Gasteiger partial charge in [0.2, 0.25) is 0 Å². The van der Waals surface area contributed by atoms with Crippen LogP contribution < -0.4 is 5.73 Å². The Bertz CT molecular complexity index is 411. The van der Waals surface area contributed by atoms with Crippen molar-refractivity contribution >= 4 is 0 Å². The lowest BCUT2D eigenvalue weighted by molar-refractivity contribution is -0.105. The molecule has 0 aromatic heterocycles. The Hall–Kier alpha value is -0.900. The first kappa shape index (κ1) is 13.5. The third-order valence-electron chi connectivity index (χ3n) is 4.29. The van der Waals surface area contributed by atoms with Gasteiger partial charge >= 0.3 is 0 Å². The van der Waals surface area contributed by atoms with Crippen molar-refractivity contribution in [3.05, 3.63) is 34.9 Å². The van der Waals surface area contributed by atoms with Gasteiger partial charge in [-0.1, -0.05) is 18.2 Å². The molecule has 0 aliphatic carbocycles. The summed E-state index contributed by atoms with van der Waals surface area (Å²) in [4.78, 5) is 0. The SMILES string of the molecule is COC1(C(N)c2cccc(C)c2C)CCOCC1. The molecule has 1 saturated heterocycles. The first-order valence-electron chi connectivity index (χ1n) is 6.55. The number of hydrogen-bond donors (Lipinski definition) is 1. The van der Waals surface area contributed by atoms with E-state index in [2.05, 4.69) is 32.0 Å². The zero-order valence-electron chi connectivity index (χ0n) is 11.5. The Morgan fingerprint density at radius 2 is 1.94 bits per heavy atom. The van der Waals surface area contributed by atoms with E-state index in [-0.39, 0.29) is 11.6 Å². The van der Waals surface area contributed by atoms with Crippen molar-refractivity contribution in [2.45, 2.75) is 38.3 Å². The van der Waals surface area contributed by atoms with Crippen LogP contribution >= 0.6 is 0 Å². The van der Waals surface area contributed by atoms with E-state index in [1.807, 2.05) is 0 Å². The van der Waals surface area contributed by atoms with Gasteiger partial charge in [-0.05, 0) is 30.5 Å². The van der Waals surface area contributed by atoms with E-state index in [1.165, 1.54) is 16.7 Å². The predicted molar refractivity (Wildman–Crippen MR) is 72.6 cm³/mol. The largest absolute Gasteiger partial charge is 0.381 e. The standard InChI is InChI=1S/C15H23NO2/c1-11-5-4-6-13(12(11)2)14(16)15(17-3)7-9-18-10-8-15/h4-6,14H,7-10,16H2,1-3H3. The first-order chi connectivity index (χ1) is 8.60. The lowest BCUT2D eigenvalue weighted by atomic mass is 9.80. The van der Waals surface area contributed by atoms with Crippen LogP contribution in [0.2, 0.25) is 0 Å². The van der Waals surface area contributed by atoms with E-state index in [1.54, 1.807) is 7.11 Å². The molecule has 1 aliphatic heterocycles. The molecular formula is C15H23NO2. The van der Waals surface area contributed by atoms with Crippen LogP contribution in [0.5, 0.6) is 0 Å². The average molecular weight is 249 g/mol. The Morgan fingerprint density at radius 1 is 1.28 bits per heavy atom. The summed E-state index contributed by atoms with van der Waals surface area (Å²) in [6.07, 6.45) is 1.72. The fourth-order valence-corrected chi connectivity index (χ4v) is 2.75. The fraction of sp³-hybridized carbons (Fsp3) is 0.600. The summed E-state index contributed by atoms with van der Waals surface area (Å²) in [5.74, 6) is 0. The summed E-state index contributed by atoms with van der Waals surface area (Å²) in [7, 11) is 1.76. The maximum atomic E-state index is 6.50. The van der Waals surface area contributed by atoms with Crippen molar-refractivity contribution < 1.29 is 9.47 Å². The first-order valence-corrected chi connectivity index (χ1v) is 6.55. The molecule has 3 heteroatoms. The minimum absolute atomic E-state index is 0.0914. The van der Waals surface area contributed by atoms with Crippen molar-refractivity contribution in [2.24, 2.45) is 5.73 Å². The summed E-state index contributed by atoms with van der Waals surface area (Å²) in [5.41, 5.74) is 9.97. The lowest BCUT2D eigenvalue weighted by Gasteiger charge is -2.41. The molecule has 1 aromatic rings. The van der Waals surface area contributed by atoms with E-state index < -0.39 is 0 Å². The highest BCUT2D eigenvalue weighted by atomic mass is 16.5. The number of rotatable bonds is 3. The van der Waals surface area contributed by atoms with Crippen LogP contribution in [0.15, 0.2) is 18.2 Å². The molecule has 2 N–H and O–H groups in total. The Labute approximate surface area is 109 Å². The van der Waals surface area contributed by atoms with Gasteiger partial charge in [-0.2, -0.15) is 0 Å². The van der Waals surface area contributed by atoms with Crippen molar-refractivity contribution in [3.63, 3.8) is 0 Å². The molecule has 2 rings (SSSR count). The Balaban J connectivity index is 2.33. The molecule has 0 radical (unpaired) electrons. The monoisotopic (exact) mass is 249 g/mol. The second kappa shape index (κ2) is 5.39. The molecule has 1 fully saturated rings. The Morgan fingerprint density at radius 3 is 2.56 bits per heavy atom. The highest BCUT2D eigenvalue weighted by molar-refractivity contribution is 5.36. The van der Waals surface area contributed by atoms with E-state index in [0.717, 1.165) is 26.1 Å². The number of aryl methyl sites for hydroxylation is 1. The molecule has 18 heavy (non-hydrogen) atoms. The summed E-state index contributed by atoms with van der Waals surface area (Å²) in [6, 6.07) is 6.21. The number of benzene rings is 1. The summed E-state index contributed by atoms with van der Waals surface area (Å²) in [6.45, 7) is 5.71. The van der Waals surface area contributed by atoms with Crippen LogP contribution in [0.25, 0.3) is 0 Å². The molecule has 1 unspecified atom stereocenters. The van der Waals surface area contributed by atoms with Gasteiger partial charge in [0.1, 0.15) is 0 Å². The zero-order valence-corrected chi connectivity index (χ0v) is 11.5. The zero-order chi connectivity index (χ0) is 13.2. The third kappa shape index (κ3) is 2.30. The van der Waals surface area contributed by atoms with E-state index in [4.69, 9.17) is 15.2 Å². The van der Waals surface area contributed by atoms with E-state index in [9.17, 15) is 0 Å². The van der Waals surface area contributed by atoms with Crippen LogP contribution in [0, 0.1) is 13.8 Å². The summed E-state index contributed by atoms with van der Waals surface area (Å²) >= 11 is 0. The number of ether oxygens (including phenoxy) is 2. The number of nitrogens with two attached hydrogens (primary N) is 1. The molecule has 1 aromatic carbocycles. The van der Waals surface area contributed by atoms with Crippen LogP contribution in [0.4, 0.5) is 0 Å². The van der Waals surface area contributed by atoms with Gasteiger partial charge in [-0.25, -0.2) is 0 Å². The van der Waals surface area contributed by atoms with Crippen LogP contribution in [-0.4, -0.2) is 25.9 Å². The van der Waals surface area contributed by atoms with E-state index in [0.29, 0.717) is 0 Å². The smallest absolute Gasteiger partial charge is 0.0914 e. The van der Waals surface area contributed by atoms with Gasteiger partial charge in [-0.3, -0.25) is 0 Å². The van der Waals surface area contributed by atoms with Crippen molar-refractivity contribution in [2.75, 3.05) is 20.3 Å². The quantitative estimate of drug-likeness (QED) is 0.895. The van der Waals surface area contributed by atoms with Gasteiger partial charge in [0.15, 0.2) is 0 Å². The molecule has 1 atom stereocenters. The molecule has 0 spiro atoms. The molecule has 3 nitrogen and oxygen atoms in total. The van der Waals surface area contributed by atoms with E-state index >= 15 is 0 Å². The molecule has 0 amide bonds. The van der Waals surface area contributed by atoms with Gasteiger partial charge in [-0.15, -0.1) is 0 Å². The molecule has 1 heterocycles. The highest BCUT2D eigenvalue weighted by Crippen LogP contribution is 2.37. The molecule has 0 saturated carbocycles. The van der Waals surface area contributed by atoms with Gasteiger partial charge in [0.25, 0.3) is 0 Å². The van der Waals surface area contributed by atoms with Gasteiger partial charge in [0.05, 0.1) is 11.6 Å². The molecular weight excluding hydrogens is 226 g/mol. The van der Waals surface area contributed by atoms with Crippen LogP contribution in [0.3, 0.4) is 0 Å². The predicted octanol–water partition coefficient (Wildman–Crippen LogP) is 2.50. The molecule has 0 bridgehead atoms.